The fourth-order valence-electron chi connectivity index (χ4n) is 2.13. The first kappa shape index (κ1) is 13.1. The monoisotopic (exact) mass is 248 g/mol. The van der Waals surface area contributed by atoms with Gasteiger partial charge in [-0.1, -0.05) is 30.3 Å². The molecular formula is C14H20N2O2. The van der Waals surface area contributed by atoms with Crippen LogP contribution in [0.15, 0.2) is 30.3 Å². The summed E-state index contributed by atoms with van der Waals surface area (Å²) in [5, 5.41) is 3.05. The third kappa shape index (κ3) is 3.09. The molecule has 18 heavy (non-hydrogen) atoms. The van der Waals surface area contributed by atoms with Gasteiger partial charge in [-0.25, -0.2) is 0 Å². The molecule has 1 aliphatic heterocycles. The maximum Gasteiger partial charge on any atom is 0.241 e. The molecule has 3 N–H and O–H groups in total. The van der Waals surface area contributed by atoms with Crippen molar-refractivity contribution in [1.29, 1.82) is 0 Å². The molecule has 1 amide bonds. The molecular weight excluding hydrogens is 228 g/mol. The number of carbonyl (C=O) groups excluding carboxylic acids is 1. The lowest BCUT2D eigenvalue weighted by molar-refractivity contribution is -0.125. The highest BCUT2D eigenvalue weighted by Crippen LogP contribution is 2.21. The zero-order valence-electron chi connectivity index (χ0n) is 10.7. The van der Waals surface area contributed by atoms with Gasteiger partial charge in [0.05, 0.1) is 0 Å². The second kappa shape index (κ2) is 5.50. The zero-order chi connectivity index (χ0) is 13.0. The van der Waals surface area contributed by atoms with E-state index < -0.39 is 6.04 Å². The summed E-state index contributed by atoms with van der Waals surface area (Å²) in [5.41, 5.74) is 6.62. The van der Waals surface area contributed by atoms with Crippen LogP contribution in [0, 0.1) is 0 Å². The van der Waals surface area contributed by atoms with Crippen molar-refractivity contribution in [3.63, 3.8) is 0 Å². The second-order valence-electron chi connectivity index (χ2n) is 5.05. The summed E-state index contributed by atoms with van der Waals surface area (Å²) in [7, 11) is 0. The van der Waals surface area contributed by atoms with Crippen LogP contribution in [0.4, 0.5) is 0 Å². The van der Waals surface area contributed by atoms with Crippen LogP contribution >= 0.6 is 0 Å². The van der Waals surface area contributed by atoms with Gasteiger partial charge in [0.2, 0.25) is 5.91 Å². The molecule has 0 radical (unpaired) electrons. The summed E-state index contributed by atoms with van der Waals surface area (Å²) in [4.78, 5) is 12.1. The lowest BCUT2D eigenvalue weighted by Crippen LogP contribution is -2.52. The van der Waals surface area contributed by atoms with Gasteiger partial charge in [-0.05, 0) is 25.3 Å². The zero-order valence-corrected chi connectivity index (χ0v) is 10.7. The van der Waals surface area contributed by atoms with Crippen LogP contribution < -0.4 is 11.1 Å². The van der Waals surface area contributed by atoms with Crippen molar-refractivity contribution in [1.82, 2.24) is 5.32 Å². The number of nitrogens with one attached hydrogen (secondary N) is 1. The Morgan fingerprint density at radius 3 is 2.56 bits per heavy atom. The fourth-order valence-corrected chi connectivity index (χ4v) is 2.13. The van der Waals surface area contributed by atoms with E-state index in [1.165, 1.54) is 0 Å². The molecule has 98 valence electrons. The largest absolute Gasteiger partial charge is 0.381 e. The predicted molar refractivity (Wildman–Crippen MR) is 70.0 cm³/mol. The number of nitrogens with two attached hydrogens (primary N) is 1. The average molecular weight is 248 g/mol. The highest BCUT2D eigenvalue weighted by atomic mass is 16.5. The van der Waals surface area contributed by atoms with Gasteiger partial charge in [-0.3, -0.25) is 4.79 Å². The maximum atomic E-state index is 12.1. The Morgan fingerprint density at radius 1 is 1.33 bits per heavy atom. The van der Waals surface area contributed by atoms with Crippen molar-refractivity contribution in [3.8, 4) is 0 Å². The van der Waals surface area contributed by atoms with Crippen LogP contribution in [-0.2, 0) is 9.53 Å². The number of hydrogen-bond acceptors (Lipinski definition) is 3. The van der Waals surface area contributed by atoms with Gasteiger partial charge in [-0.2, -0.15) is 0 Å². The molecule has 1 aliphatic rings. The van der Waals surface area contributed by atoms with Crippen LogP contribution in [0.3, 0.4) is 0 Å². The maximum absolute atomic E-state index is 12.1. The van der Waals surface area contributed by atoms with Crippen molar-refractivity contribution in [2.24, 2.45) is 5.73 Å². The molecule has 4 heteroatoms. The Balaban J connectivity index is 1.99. The van der Waals surface area contributed by atoms with Crippen molar-refractivity contribution in [2.45, 2.75) is 31.3 Å². The Morgan fingerprint density at radius 2 is 1.94 bits per heavy atom. The molecule has 1 saturated heterocycles. The molecule has 1 heterocycles. The van der Waals surface area contributed by atoms with Gasteiger partial charge in [0.1, 0.15) is 6.04 Å². The Hall–Kier alpha value is -1.39. The van der Waals surface area contributed by atoms with E-state index in [9.17, 15) is 4.79 Å². The second-order valence-corrected chi connectivity index (χ2v) is 5.05. The van der Waals surface area contributed by atoms with Crippen molar-refractivity contribution >= 4 is 5.91 Å². The number of benzene rings is 1. The van der Waals surface area contributed by atoms with Crippen LogP contribution in [-0.4, -0.2) is 24.7 Å². The number of hydrogen-bond donors (Lipinski definition) is 2. The van der Waals surface area contributed by atoms with Gasteiger partial charge < -0.3 is 15.8 Å². The van der Waals surface area contributed by atoms with Crippen molar-refractivity contribution in [3.05, 3.63) is 35.9 Å². The minimum atomic E-state index is -0.606. The van der Waals surface area contributed by atoms with E-state index in [2.05, 4.69) is 5.32 Å². The highest BCUT2D eigenvalue weighted by Gasteiger charge is 2.30. The number of rotatable bonds is 3. The van der Waals surface area contributed by atoms with E-state index in [4.69, 9.17) is 10.5 Å². The van der Waals surface area contributed by atoms with Gasteiger partial charge >= 0.3 is 0 Å². The smallest absolute Gasteiger partial charge is 0.241 e. The predicted octanol–water partition coefficient (Wildman–Crippen LogP) is 1.37. The number of ether oxygens (including phenoxy) is 1. The lowest BCUT2D eigenvalue weighted by atomic mass is 9.91. The molecule has 0 saturated carbocycles. The van der Waals surface area contributed by atoms with Crippen LogP contribution in [0.2, 0.25) is 0 Å². The molecule has 1 aromatic carbocycles. The minimum absolute atomic E-state index is 0.120. The SMILES string of the molecule is CC1(NC(=O)C(N)c2ccccc2)CCOCC1. The molecule has 0 aromatic heterocycles. The van der Waals surface area contributed by atoms with Crippen molar-refractivity contribution in [2.75, 3.05) is 13.2 Å². The molecule has 2 rings (SSSR count). The van der Waals surface area contributed by atoms with Gasteiger partial charge in [0.25, 0.3) is 0 Å². The fraction of sp³-hybridized carbons (Fsp3) is 0.500. The number of amides is 1. The molecule has 1 atom stereocenters. The summed E-state index contributed by atoms with van der Waals surface area (Å²) in [6, 6.07) is 8.82. The van der Waals surface area contributed by atoms with Crippen molar-refractivity contribution < 1.29 is 9.53 Å². The lowest BCUT2D eigenvalue weighted by Gasteiger charge is -2.35. The highest BCUT2D eigenvalue weighted by molar-refractivity contribution is 5.83. The van der Waals surface area contributed by atoms with Gasteiger partial charge in [0.15, 0.2) is 0 Å². The molecule has 4 nitrogen and oxygen atoms in total. The van der Waals surface area contributed by atoms with E-state index in [0.29, 0.717) is 13.2 Å². The Labute approximate surface area is 108 Å². The van der Waals surface area contributed by atoms with E-state index >= 15 is 0 Å². The topological polar surface area (TPSA) is 64.4 Å². The quantitative estimate of drug-likeness (QED) is 0.849. The molecule has 0 bridgehead atoms. The van der Waals surface area contributed by atoms with E-state index in [-0.39, 0.29) is 11.4 Å². The minimum Gasteiger partial charge on any atom is -0.381 e. The first-order chi connectivity index (χ1) is 8.61. The average Bonchev–Trinajstić information content (AvgIpc) is 2.39. The first-order valence-electron chi connectivity index (χ1n) is 6.31. The summed E-state index contributed by atoms with van der Waals surface area (Å²) in [6.45, 7) is 3.43. The third-order valence-electron chi connectivity index (χ3n) is 3.46. The normalized spacial score (nSPS) is 20.1. The summed E-state index contributed by atoms with van der Waals surface area (Å²) in [5.74, 6) is -0.120. The van der Waals surface area contributed by atoms with E-state index in [1.54, 1.807) is 0 Å². The van der Waals surface area contributed by atoms with E-state index in [0.717, 1.165) is 18.4 Å². The van der Waals surface area contributed by atoms with Gasteiger partial charge in [0, 0.05) is 18.8 Å². The Kier molecular flexibility index (Phi) is 3.99. The molecule has 1 aromatic rings. The summed E-state index contributed by atoms with van der Waals surface area (Å²) < 4.78 is 5.31. The molecule has 0 spiro atoms. The Bertz CT molecular complexity index is 400. The summed E-state index contributed by atoms with van der Waals surface area (Å²) >= 11 is 0. The standard InChI is InChI=1S/C14H20N2O2/c1-14(7-9-18-10-8-14)16-13(17)12(15)11-5-3-2-4-6-11/h2-6,12H,7-10,15H2,1H3,(H,16,17). The molecule has 1 fully saturated rings. The van der Waals surface area contributed by atoms with Crippen LogP contribution in [0.25, 0.3) is 0 Å². The van der Waals surface area contributed by atoms with E-state index in [1.807, 2.05) is 37.3 Å². The van der Waals surface area contributed by atoms with Gasteiger partial charge in [-0.15, -0.1) is 0 Å². The van der Waals surface area contributed by atoms with Crippen LogP contribution in [0.1, 0.15) is 31.4 Å². The van der Waals surface area contributed by atoms with Crippen LogP contribution in [0.5, 0.6) is 0 Å². The first-order valence-corrected chi connectivity index (χ1v) is 6.31. The molecule has 1 unspecified atom stereocenters. The number of carbonyl (C=O) groups is 1. The third-order valence-corrected chi connectivity index (χ3v) is 3.46. The molecule has 0 aliphatic carbocycles. The summed E-state index contributed by atoms with van der Waals surface area (Å²) in [6.07, 6.45) is 1.67.